The van der Waals surface area contributed by atoms with Crippen molar-refractivity contribution >= 4 is 29.8 Å². The Morgan fingerprint density at radius 1 is 1.41 bits per heavy atom. The van der Waals surface area contributed by atoms with Crippen LogP contribution in [-0.2, 0) is 9.53 Å². The standard InChI is InChI=1S/C11H15N3O2.ClH/c12-10-2-1-9(7-13-10)14-11(15)8-3-5-16-6-4-8;/h1-2,7-8H,3-6H2,(H2,12,13)(H,14,15);1H. The Morgan fingerprint density at radius 3 is 2.71 bits per heavy atom. The molecule has 1 fully saturated rings. The number of carbonyl (C=O) groups is 1. The zero-order valence-electron chi connectivity index (χ0n) is 9.39. The normalized spacial score (nSPS) is 16.0. The third kappa shape index (κ3) is 3.87. The molecule has 94 valence electrons. The molecule has 0 radical (unpaired) electrons. The van der Waals surface area contributed by atoms with Crippen molar-refractivity contribution < 1.29 is 9.53 Å². The molecular weight excluding hydrogens is 242 g/mol. The number of carbonyl (C=O) groups excluding carboxylic acids is 1. The van der Waals surface area contributed by atoms with Gasteiger partial charge in [0.1, 0.15) is 5.82 Å². The highest BCUT2D eigenvalue weighted by atomic mass is 35.5. The molecule has 0 atom stereocenters. The fraction of sp³-hybridized carbons (Fsp3) is 0.455. The first-order valence-corrected chi connectivity index (χ1v) is 5.36. The molecule has 17 heavy (non-hydrogen) atoms. The van der Waals surface area contributed by atoms with Crippen molar-refractivity contribution in [3.8, 4) is 0 Å². The predicted molar refractivity (Wildman–Crippen MR) is 68.1 cm³/mol. The first-order valence-electron chi connectivity index (χ1n) is 5.36. The zero-order chi connectivity index (χ0) is 11.4. The number of hydrogen-bond acceptors (Lipinski definition) is 4. The van der Waals surface area contributed by atoms with E-state index in [0.717, 1.165) is 12.8 Å². The van der Waals surface area contributed by atoms with E-state index in [1.54, 1.807) is 18.3 Å². The maximum absolute atomic E-state index is 11.8. The predicted octanol–water partition coefficient (Wildman–Crippen LogP) is 1.45. The lowest BCUT2D eigenvalue weighted by Crippen LogP contribution is -2.28. The number of amides is 1. The average Bonchev–Trinajstić information content (AvgIpc) is 2.33. The summed E-state index contributed by atoms with van der Waals surface area (Å²) >= 11 is 0. The minimum atomic E-state index is 0. The van der Waals surface area contributed by atoms with Crippen LogP contribution in [0.1, 0.15) is 12.8 Å². The SMILES string of the molecule is Cl.Nc1ccc(NC(=O)C2CCOCC2)cn1. The first kappa shape index (κ1) is 13.7. The Hall–Kier alpha value is -1.33. The Bertz CT molecular complexity index is 363. The minimum absolute atomic E-state index is 0. The minimum Gasteiger partial charge on any atom is -0.384 e. The molecule has 1 aliphatic heterocycles. The maximum atomic E-state index is 11.8. The molecule has 0 aliphatic carbocycles. The summed E-state index contributed by atoms with van der Waals surface area (Å²) in [4.78, 5) is 15.7. The molecule has 1 aliphatic rings. The number of anilines is 2. The number of nitrogen functional groups attached to an aromatic ring is 1. The van der Waals surface area contributed by atoms with E-state index in [1.807, 2.05) is 0 Å². The van der Waals surface area contributed by atoms with Gasteiger partial charge >= 0.3 is 0 Å². The van der Waals surface area contributed by atoms with Gasteiger partial charge in [-0.05, 0) is 25.0 Å². The topological polar surface area (TPSA) is 77.2 Å². The van der Waals surface area contributed by atoms with E-state index in [1.165, 1.54) is 0 Å². The molecule has 0 spiro atoms. The number of rotatable bonds is 2. The van der Waals surface area contributed by atoms with Crippen LogP contribution in [-0.4, -0.2) is 24.1 Å². The van der Waals surface area contributed by atoms with Gasteiger partial charge in [-0.15, -0.1) is 12.4 Å². The van der Waals surface area contributed by atoms with Gasteiger partial charge in [-0.2, -0.15) is 0 Å². The van der Waals surface area contributed by atoms with Crippen LogP contribution >= 0.6 is 12.4 Å². The van der Waals surface area contributed by atoms with Crippen LogP contribution in [0.5, 0.6) is 0 Å². The van der Waals surface area contributed by atoms with Crippen molar-refractivity contribution in [2.24, 2.45) is 5.92 Å². The number of nitrogens with one attached hydrogen (secondary N) is 1. The molecule has 1 aromatic rings. The highest BCUT2D eigenvalue weighted by Crippen LogP contribution is 2.17. The van der Waals surface area contributed by atoms with E-state index in [-0.39, 0.29) is 24.2 Å². The summed E-state index contributed by atoms with van der Waals surface area (Å²) in [6, 6.07) is 3.42. The van der Waals surface area contributed by atoms with Crippen molar-refractivity contribution in [2.45, 2.75) is 12.8 Å². The summed E-state index contributed by atoms with van der Waals surface area (Å²) in [7, 11) is 0. The van der Waals surface area contributed by atoms with Crippen molar-refractivity contribution in [1.29, 1.82) is 0 Å². The number of halogens is 1. The number of hydrogen-bond donors (Lipinski definition) is 2. The van der Waals surface area contributed by atoms with Gasteiger partial charge < -0.3 is 15.8 Å². The smallest absolute Gasteiger partial charge is 0.227 e. The second-order valence-electron chi connectivity index (χ2n) is 3.85. The third-order valence-corrected chi connectivity index (χ3v) is 2.65. The van der Waals surface area contributed by atoms with Crippen molar-refractivity contribution in [1.82, 2.24) is 4.98 Å². The summed E-state index contributed by atoms with van der Waals surface area (Å²) in [5, 5.41) is 2.83. The van der Waals surface area contributed by atoms with Gasteiger partial charge in [-0.3, -0.25) is 4.79 Å². The highest BCUT2D eigenvalue weighted by molar-refractivity contribution is 5.92. The lowest BCUT2D eigenvalue weighted by Gasteiger charge is -2.21. The van der Waals surface area contributed by atoms with E-state index in [2.05, 4.69) is 10.3 Å². The molecule has 1 amide bonds. The first-order chi connectivity index (χ1) is 7.75. The lowest BCUT2D eigenvalue weighted by molar-refractivity contribution is -0.122. The number of ether oxygens (including phenoxy) is 1. The molecule has 0 bridgehead atoms. The zero-order valence-corrected chi connectivity index (χ0v) is 10.2. The molecule has 0 unspecified atom stereocenters. The van der Waals surface area contributed by atoms with Crippen molar-refractivity contribution in [3.05, 3.63) is 18.3 Å². The molecule has 2 heterocycles. The van der Waals surface area contributed by atoms with E-state index in [4.69, 9.17) is 10.5 Å². The van der Waals surface area contributed by atoms with Gasteiger partial charge in [0.15, 0.2) is 0 Å². The monoisotopic (exact) mass is 257 g/mol. The van der Waals surface area contributed by atoms with Crippen LogP contribution in [0.15, 0.2) is 18.3 Å². The Kier molecular flexibility index (Phi) is 5.18. The van der Waals surface area contributed by atoms with Crippen LogP contribution < -0.4 is 11.1 Å². The summed E-state index contributed by atoms with van der Waals surface area (Å²) in [6.45, 7) is 1.33. The summed E-state index contributed by atoms with van der Waals surface area (Å²) in [5.41, 5.74) is 6.15. The van der Waals surface area contributed by atoms with Gasteiger partial charge in [-0.25, -0.2) is 4.98 Å². The number of aromatic nitrogens is 1. The van der Waals surface area contributed by atoms with E-state index in [0.29, 0.717) is 24.7 Å². The van der Waals surface area contributed by atoms with Gasteiger partial charge in [0.25, 0.3) is 0 Å². The van der Waals surface area contributed by atoms with Gasteiger partial charge in [0.2, 0.25) is 5.91 Å². The van der Waals surface area contributed by atoms with Gasteiger partial charge in [-0.1, -0.05) is 0 Å². The Balaban J connectivity index is 0.00000144. The van der Waals surface area contributed by atoms with Gasteiger partial charge in [0, 0.05) is 19.1 Å². The summed E-state index contributed by atoms with van der Waals surface area (Å²) < 4.78 is 5.21. The van der Waals surface area contributed by atoms with Crippen molar-refractivity contribution in [3.63, 3.8) is 0 Å². The Labute approximate surface area is 106 Å². The van der Waals surface area contributed by atoms with Crippen LogP contribution in [0.4, 0.5) is 11.5 Å². The average molecular weight is 258 g/mol. The molecule has 0 saturated carbocycles. The number of pyridine rings is 1. The molecule has 3 N–H and O–H groups in total. The summed E-state index contributed by atoms with van der Waals surface area (Å²) in [5.74, 6) is 0.533. The quantitative estimate of drug-likeness (QED) is 0.841. The van der Waals surface area contributed by atoms with Crippen LogP contribution in [0.2, 0.25) is 0 Å². The second kappa shape index (κ2) is 6.42. The largest absolute Gasteiger partial charge is 0.384 e. The lowest BCUT2D eigenvalue weighted by atomic mass is 9.99. The molecule has 5 nitrogen and oxygen atoms in total. The highest BCUT2D eigenvalue weighted by Gasteiger charge is 2.21. The fourth-order valence-corrected chi connectivity index (χ4v) is 1.68. The molecule has 6 heteroatoms. The van der Waals surface area contributed by atoms with Crippen LogP contribution in [0.25, 0.3) is 0 Å². The summed E-state index contributed by atoms with van der Waals surface area (Å²) in [6.07, 6.45) is 3.13. The van der Waals surface area contributed by atoms with Gasteiger partial charge in [0.05, 0.1) is 11.9 Å². The molecule has 1 aromatic heterocycles. The molecular formula is C11H16ClN3O2. The van der Waals surface area contributed by atoms with E-state index >= 15 is 0 Å². The van der Waals surface area contributed by atoms with Crippen molar-refractivity contribution in [2.75, 3.05) is 24.3 Å². The Morgan fingerprint density at radius 2 is 2.12 bits per heavy atom. The maximum Gasteiger partial charge on any atom is 0.227 e. The third-order valence-electron chi connectivity index (χ3n) is 2.65. The molecule has 1 saturated heterocycles. The fourth-order valence-electron chi connectivity index (χ4n) is 1.68. The number of nitrogens with two attached hydrogens (primary N) is 1. The number of nitrogens with zero attached hydrogens (tertiary/aromatic N) is 1. The van der Waals surface area contributed by atoms with E-state index < -0.39 is 0 Å². The molecule has 0 aromatic carbocycles. The van der Waals surface area contributed by atoms with E-state index in [9.17, 15) is 4.79 Å². The van der Waals surface area contributed by atoms with Crippen LogP contribution in [0.3, 0.4) is 0 Å². The van der Waals surface area contributed by atoms with Crippen LogP contribution in [0, 0.1) is 5.92 Å². The molecule has 2 rings (SSSR count). The second-order valence-corrected chi connectivity index (χ2v) is 3.85.